The summed E-state index contributed by atoms with van der Waals surface area (Å²) in [5, 5.41) is 0. The topological polar surface area (TPSA) is 61.8 Å². The minimum absolute atomic E-state index is 0.215. The van der Waals surface area contributed by atoms with E-state index in [9.17, 15) is 9.59 Å². The lowest BCUT2D eigenvalue weighted by atomic mass is 10.3. The average molecular weight is 250 g/mol. The van der Waals surface area contributed by atoms with E-state index in [1.165, 1.54) is 7.11 Å². The number of hydrogen-bond donors (Lipinski definition) is 0. The fraction of sp³-hybridized carbons (Fsp3) is 0.231. The van der Waals surface area contributed by atoms with Gasteiger partial charge in [-0.15, -0.1) is 0 Å². The Kier molecular flexibility index (Phi) is 5.60. The molecule has 18 heavy (non-hydrogen) atoms. The molecule has 5 nitrogen and oxygen atoms in total. The van der Waals surface area contributed by atoms with Crippen LogP contribution >= 0.6 is 0 Å². The minimum atomic E-state index is -0.964. The number of hydrogen-bond acceptors (Lipinski definition) is 5. The first-order chi connectivity index (χ1) is 8.67. The van der Waals surface area contributed by atoms with Gasteiger partial charge in [0.2, 0.25) is 0 Å². The van der Waals surface area contributed by atoms with Crippen LogP contribution in [0.2, 0.25) is 0 Å². The number of esters is 2. The summed E-state index contributed by atoms with van der Waals surface area (Å²) in [7, 11) is 1.33. The van der Waals surface area contributed by atoms with Crippen molar-refractivity contribution >= 4 is 11.9 Å². The van der Waals surface area contributed by atoms with Crippen LogP contribution in [0.15, 0.2) is 43.0 Å². The Labute approximate surface area is 105 Å². The van der Waals surface area contributed by atoms with Crippen molar-refractivity contribution in [3.63, 3.8) is 0 Å². The monoisotopic (exact) mass is 250 g/mol. The normalized spacial score (nSPS) is 11.4. The van der Waals surface area contributed by atoms with Gasteiger partial charge in [-0.05, 0) is 12.1 Å². The lowest BCUT2D eigenvalue weighted by Crippen LogP contribution is -2.33. The van der Waals surface area contributed by atoms with Crippen molar-refractivity contribution in [2.24, 2.45) is 0 Å². The van der Waals surface area contributed by atoms with Crippen molar-refractivity contribution < 1.29 is 23.8 Å². The van der Waals surface area contributed by atoms with E-state index in [1.54, 1.807) is 30.3 Å². The van der Waals surface area contributed by atoms with E-state index in [4.69, 9.17) is 14.2 Å². The van der Waals surface area contributed by atoms with Crippen LogP contribution in [0.3, 0.4) is 0 Å². The van der Waals surface area contributed by atoms with Gasteiger partial charge >= 0.3 is 11.9 Å². The number of methoxy groups -OCH3 is 1. The fourth-order valence-electron chi connectivity index (χ4n) is 1.12. The molecule has 0 radical (unpaired) electrons. The van der Waals surface area contributed by atoms with Crippen molar-refractivity contribution in [3.05, 3.63) is 43.0 Å². The van der Waals surface area contributed by atoms with Gasteiger partial charge in [-0.25, -0.2) is 9.59 Å². The van der Waals surface area contributed by atoms with Gasteiger partial charge in [0.05, 0.1) is 0 Å². The Morgan fingerprint density at radius 1 is 1.33 bits per heavy atom. The Morgan fingerprint density at radius 3 is 2.56 bits per heavy atom. The molecule has 1 unspecified atom stereocenters. The molecule has 1 aromatic carbocycles. The van der Waals surface area contributed by atoms with Crippen molar-refractivity contribution in [2.45, 2.75) is 6.10 Å². The van der Waals surface area contributed by atoms with Crippen molar-refractivity contribution in [3.8, 4) is 5.75 Å². The summed E-state index contributed by atoms with van der Waals surface area (Å²) in [6, 6.07) is 8.56. The summed E-state index contributed by atoms with van der Waals surface area (Å²) in [6.07, 6.45) is 0.0454. The first-order valence-electron chi connectivity index (χ1n) is 5.26. The molecule has 0 aliphatic carbocycles. The third-order valence-electron chi connectivity index (χ3n) is 2.05. The molecular weight excluding hydrogens is 236 g/mol. The minimum Gasteiger partial charge on any atom is -0.459 e. The van der Waals surface area contributed by atoms with Crippen LogP contribution in [0, 0.1) is 0 Å². The highest BCUT2D eigenvalue weighted by atomic mass is 16.6. The van der Waals surface area contributed by atoms with Crippen LogP contribution in [-0.2, 0) is 19.1 Å². The second-order valence-electron chi connectivity index (χ2n) is 3.29. The van der Waals surface area contributed by atoms with Gasteiger partial charge in [-0.1, -0.05) is 24.8 Å². The molecule has 96 valence electrons. The zero-order valence-corrected chi connectivity index (χ0v) is 10.00. The second kappa shape index (κ2) is 7.24. The van der Waals surface area contributed by atoms with Gasteiger partial charge in [0.15, 0.2) is 6.10 Å². The smallest absolute Gasteiger partial charge is 0.344 e. The molecule has 0 fully saturated rings. The van der Waals surface area contributed by atoms with Crippen molar-refractivity contribution in [1.29, 1.82) is 0 Å². The third-order valence-corrected chi connectivity index (χ3v) is 2.05. The van der Waals surface area contributed by atoms with Crippen molar-refractivity contribution in [1.82, 2.24) is 0 Å². The highest BCUT2D eigenvalue weighted by molar-refractivity contribution is 5.82. The summed E-state index contributed by atoms with van der Waals surface area (Å²) in [6.45, 7) is 3.03. The predicted molar refractivity (Wildman–Crippen MR) is 64.0 cm³/mol. The summed E-state index contributed by atoms with van der Waals surface area (Å²) in [4.78, 5) is 22.5. The van der Waals surface area contributed by atoms with E-state index in [-0.39, 0.29) is 6.61 Å². The molecule has 0 saturated heterocycles. The van der Waals surface area contributed by atoms with Crippen LogP contribution in [0.25, 0.3) is 0 Å². The molecule has 5 heteroatoms. The molecule has 0 aromatic heterocycles. The molecular formula is C13H14O5. The molecule has 1 atom stereocenters. The maximum absolute atomic E-state index is 11.7. The van der Waals surface area contributed by atoms with Gasteiger partial charge < -0.3 is 14.2 Å². The van der Waals surface area contributed by atoms with E-state index in [0.29, 0.717) is 5.75 Å². The highest BCUT2D eigenvalue weighted by Crippen LogP contribution is 2.10. The van der Waals surface area contributed by atoms with Crippen LogP contribution in [0.1, 0.15) is 0 Å². The van der Waals surface area contributed by atoms with E-state index < -0.39 is 18.0 Å². The zero-order chi connectivity index (χ0) is 13.4. The SMILES string of the molecule is C=CC(=O)OCC(OC)C(=O)Oc1ccccc1. The van der Waals surface area contributed by atoms with Gasteiger partial charge in [0, 0.05) is 13.2 Å². The van der Waals surface area contributed by atoms with Crippen LogP contribution in [0.5, 0.6) is 5.75 Å². The molecule has 0 spiro atoms. The molecule has 1 rings (SSSR count). The predicted octanol–water partition coefficient (Wildman–Crippen LogP) is 1.34. The average Bonchev–Trinajstić information content (AvgIpc) is 2.40. The Hall–Kier alpha value is -2.14. The Bertz CT molecular complexity index is 413. The number of rotatable bonds is 6. The van der Waals surface area contributed by atoms with Crippen LogP contribution in [0.4, 0.5) is 0 Å². The molecule has 0 aliphatic rings. The summed E-state index contributed by atoms with van der Waals surface area (Å²) in [5.74, 6) is -0.843. The Balaban J connectivity index is 2.52. The first kappa shape index (κ1) is 13.9. The highest BCUT2D eigenvalue weighted by Gasteiger charge is 2.21. The van der Waals surface area contributed by atoms with Crippen LogP contribution < -0.4 is 4.74 Å². The summed E-state index contributed by atoms with van der Waals surface area (Å²) >= 11 is 0. The number of carbonyl (C=O) groups excluding carboxylic acids is 2. The van der Waals surface area contributed by atoms with E-state index in [0.717, 1.165) is 6.08 Å². The molecule has 0 bridgehead atoms. The molecule has 0 saturated carbocycles. The number of para-hydroxylation sites is 1. The van der Waals surface area contributed by atoms with Crippen LogP contribution in [-0.4, -0.2) is 31.8 Å². The summed E-state index contributed by atoms with van der Waals surface area (Å²) < 4.78 is 14.7. The standard InChI is InChI=1S/C13H14O5/c1-3-12(14)17-9-11(16-2)13(15)18-10-7-5-4-6-8-10/h3-8,11H,1,9H2,2H3. The third kappa shape index (κ3) is 4.39. The molecule has 1 aromatic rings. The van der Waals surface area contributed by atoms with E-state index in [1.807, 2.05) is 0 Å². The van der Waals surface area contributed by atoms with Gasteiger partial charge in [0.25, 0.3) is 0 Å². The van der Waals surface area contributed by atoms with Gasteiger partial charge in [0.1, 0.15) is 12.4 Å². The molecule has 0 N–H and O–H groups in total. The zero-order valence-electron chi connectivity index (χ0n) is 10.00. The number of carbonyl (C=O) groups is 2. The van der Waals surface area contributed by atoms with Crippen molar-refractivity contribution in [2.75, 3.05) is 13.7 Å². The second-order valence-corrected chi connectivity index (χ2v) is 3.29. The number of ether oxygens (including phenoxy) is 3. The molecule has 0 heterocycles. The molecule has 0 amide bonds. The fourth-order valence-corrected chi connectivity index (χ4v) is 1.12. The van der Waals surface area contributed by atoms with Gasteiger partial charge in [-0.3, -0.25) is 0 Å². The molecule has 0 aliphatic heterocycles. The first-order valence-corrected chi connectivity index (χ1v) is 5.26. The maximum Gasteiger partial charge on any atom is 0.344 e. The van der Waals surface area contributed by atoms with Gasteiger partial charge in [-0.2, -0.15) is 0 Å². The van der Waals surface area contributed by atoms with E-state index >= 15 is 0 Å². The maximum atomic E-state index is 11.7. The summed E-state index contributed by atoms with van der Waals surface area (Å²) in [5.41, 5.74) is 0. The number of benzene rings is 1. The van der Waals surface area contributed by atoms with E-state index in [2.05, 4.69) is 6.58 Å². The Morgan fingerprint density at radius 2 is 2.00 bits per heavy atom. The lowest BCUT2D eigenvalue weighted by Gasteiger charge is -2.13. The lowest BCUT2D eigenvalue weighted by molar-refractivity contribution is -0.153. The largest absolute Gasteiger partial charge is 0.459 e. The quantitative estimate of drug-likeness (QED) is 0.433.